The number of hydrogen-bond acceptors (Lipinski definition) is 10. The van der Waals surface area contributed by atoms with Gasteiger partial charge in [0.05, 0.1) is 42.3 Å². The van der Waals surface area contributed by atoms with Crippen LogP contribution in [0, 0.1) is 5.82 Å². The summed E-state index contributed by atoms with van der Waals surface area (Å²) in [7, 11) is 0. The molecule has 7 rings (SSSR count). The molecule has 12 heteroatoms. The third-order valence-corrected chi connectivity index (χ3v) is 8.08. The van der Waals surface area contributed by atoms with Gasteiger partial charge in [0.2, 0.25) is 5.88 Å². The Hall–Kier alpha value is -3.45. The average molecular weight is 554 g/mol. The van der Waals surface area contributed by atoms with Crippen LogP contribution in [-0.4, -0.2) is 68.6 Å². The number of ether oxygens (including phenoxy) is 3. The second-order valence-corrected chi connectivity index (χ2v) is 10.8. The average Bonchev–Trinajstić information content (AvgIpc) is 2.97. The van der Waals surface area contributed by atoms with Gasteiger partial charge in [-0.05, 0) is 43.9 Å². The molecule has 1 atom stereocenters. The lowest BCUT2D eigenvalue weighted by Crippen LogP contribution is -2.61. The molecule has 3 aromatic heterocycles. The number of aliphatic hydroxyl groups excluding tert-OH is 2. The monoisotopic (exact) mass is 553 g/mol. The van der Waals surface area contributed by atoms with Crippen LogP contribution in [0.1, 0.15) is 55.9 Å². The predicted molar refractivity (Wildman–Crippen MR) is 141 cm³/mol. The van der Waals surface area contributed by atoms with Crippen molar-refractivity contribution < 1.29 is 33.6 Å². The van der Waals surface area contributed by atoms with Gasteiger partial charge in [-0.3, -0.25) is 9.78 Å². The van der Waals surface area contributed by atoms with Crippen molar-refractivity contribution in [3.63, 3.8) is 0 Å². The Labute approximate surface area is 230 Å². The highest BCUT2D eigenvalue weighted by atomic mass is 19.1. The maximum atomic E-state index is 15.0. The molecule has 0 radical (unpaired) electrons. The minimum absolute atomic E-state index is 0.00734. The van der Waals surface area contributed by atoms with Crippen molar-refractivity contribution in [3.05, 3.63) is 47.5 Å². The van der Waals surface area contributed by atoms with Crippen LogP contribution in [0.2, 0.25) is 0 Å². The summed E-state index contributed by atoms with van der Waals surface area (Å²) < 4.78 is 32.3. The van der Waals surface area contributed by atoms with E-state index in [9.17, 15) is 9.90 Å². The van der Waals surface area contributed by atoms with Gasteiger partial charge < -0.3 is 35.1 Å². The van der Waals surface area contributed by atoms with Gasteiger partial charge in [0.15, 0.2) is 18.2 Å². The fraction of sp³-hybridized carbons (Fsp3) is 0.500. The van der Waals surface area contributed by atoms with Crippen LogP contribution in [-0.2, 0) is 16.1 Å². The highest BCUT2D eigenvalue weighted by Gasteiger charge is 2.50. The first-order chi connectivity index (χ1) is 19.4. The van der Waals surface area contributed by atoms with Crippen LogP contribution in [0.4, 0.5) is 10.2 Å². The zero-order chi connectivity index (χ0) is 27.7. The Morgan fingerprint density at radius 2 is 2.02 bits per heavy atom. The number of hydrogen-bond donors (Lipinski definition) is 4. The summed E-state index contributed by atoms with van der Waals surface area (Å²) in [5.41, 5.74) is 0.801. The number of carbonyl (C=O) groups is 1. The van der Waals surface area contributed by atoms with E-state index in [2.05, 4.69) is 25.6 Å². The van der Waals surface area contributed by atoms with E-state index in [1.807, 2.05) is 12.1 Å². The van der Waals surface area contributed by atoms with E-state index >= 15 is 4.39 Å². The molecule has 2 saturated heterocycles. The number of halogens is 1. The predicted octanol–water partition coefficient (Wildman–Crippen LogP) is 2.55. The number of nitrogens with one attached hydrogen (secondary N) is 2. The Balaban J connectivity index is 1.11. The number of pyridine rings is 3. The smallest absolute Gasteiger partial charge is 0.263 e. The number of aliphatic hydroxyl groups is 2. The normalized spacial score (nSPS) is 24.3. The molecule has 1 saturated carbocycles. The number of carbonyl (C=O) groups excluding carboxylic acids is 1. The Morgan fingerprint density at radius 3 is 2.80 bits per heavy atom. The minimum atomic E-state index is -1.14. The van der Waals surface area contributed by atoms with E-state index in [1.165, 1.54) is 0 Å². The molecule has 3 aromatic rings. The van der Waals surface area contributed by atoms with Crippen molar-refractivity contribution in [2.24, 2.45) is 0 Å². The summed E-state index contributed by atoms with van der Waals surface area (Å²) >= 11 is 0. The largest absolute Gasteiger partial charge is 0.480 e. The quantitative estimate of drug-likeness (QED) is 0.276. The van der Waals surface area contributed by atoms with Gasteiger partial charge in [-0.1, -0.05) is 0 Å². The summed E-state index contributed by atoms with van der Waals surface area (Å²) in [4.78, 5) is 24.7. The molecule has 3 fully saturated rings. The van der Waals surface area contributed by atoms with Gasteiger partial charge in [-0.25, -0.2) is 14.4 Å². The minimum Gasteiger partial charge on any atom is -0.480 e. The van der Waals surface area contributed by atoms with Gasteiger partial charge in [0.25, 0.3) is 5.91 Å². The first-order valence-corrected chi connectivity index (χ1v) is 13.6. The van der Waals surface area contributed by atoms with E-state index in [4.69, 9.17) is 19.3 Å². The van der Waals surface area contributed by atoms with Gasteiger partial charge in [-0.2, -0.15) is 0 Å². The molecule has 4 N–H and O–H groups in total. The van der Waals surface area contributed by atoms with Crippen molar-refractivity contribution in [3.8, 4) is 11.6 Å². The molecule has 6 heterocycles. The van der Waals surface area contributed by atoms with Crippen molar-refractivity contribution in [2.75, 3.05) is 31.7 Å². The van der Waals surface area contributed by atoms with Crippen LogP contribution in [0.5, 0.6) is 11.6 Å². The lowest BCUT2D eigenvalue weighted by Gasteiger charge is -2.54. The number of fused-ring (bicyclic) bond motifs is 5. The summed E-state index contributed by atoms with van der Waals surface area (Å²) in [5, 5.41) is 26.6. The number of aromatic nitrogens is 3. The van der Waals surface area contributed by atoms with Gasteiger partial charge in [0.1, 0.15) is 11.3 Å². The topological polar surface area (TPSA) is 148 Å². The highest BCUT2D eigenvalue weighted by Crippen LogP contribution is 2.48. The van der Waals surface area contributed by atoms with E-state index in [-0.39, 0.29) is 54.6 Å². The third-order valence-electron chi connectivity index (χ3n) is 8.08. The maximum absolute atomic E-state index is 15.0. The van der Waals surface area contributed by atoms with Gasteiger partial charge >= 0.3 is 0 Å². The Morgan fingerprint density at radius 1 is 1.18 bits per heavy atom. The first-order valence-electron chi connectivity index (χ1n) is 13.6. The molecular formula is C28H32FN5O6. The molecule has 1 amide bonds. The van der Waals surface area contributed by atoms with Crippen molar-refractivity contribution in [2.45, 2.75) is 62.3 Å². The molecule has 212 valence electrons. The molecule has 2 bridgehead atoms. The fourth-order valence-electron chi connectivity index (χ4n) is 5.77. The number of anilines is 1. The molecule has 11 nitrogen and oxygen atoms in total. The van der Waals surface area contributed by atoms with Crippen LogP contribution in [0.3, 0.4) is 0 Å². The second kappa shape index (κ2) is 10.8. The van der Waals surface area contributed by atoms with E-state index in [0.717, 1.165) is 24.7 Å². The Kier molecular flexibility index (Phi) is 7.26. The third kappa shape index (κ3) is 5.31. The number of rotatable bonds is 10. The summed E-state index contributed by atoms with van der Waals surface area (Å²) in [5.74, 6) is 0.419. The fourth-order valence-corrected chi connectivity index (χ4v) is 5.77. The van der Waals surface area contributed by atoms with Crippen molar-refractivity contribution >= 4 is 22.8 Å². The molecule has 40 heavy (non-hydrogen) atoms. The maximum Gasteiger partial charge on any atom is 0.263 e. The van der Waals surface area contributed by atoms with Crippen molar-refractivity contribution in [1.82, 2.24) is 20.3 Å². The second-order valence-electron chi connectivity index (χ2n) is 10.8. The van der Waals surface area contributed by atoms with Crippen LogP contribution >= 0.6 is 0 Å². The van der Waals surface area contributed by atoms with Crippen LogP contribution in [0.15, 0.2) is 30.5 Å². The SMILES string of the molecule is O=C1COc2ccc(CNC34CCC(CC(O)c5c(F)cnc6ccc(OCCCO)nc56)(CC3)OC4)nc2N1. The number of amides is 1. The molecule has 0 aromatic carbocycles. The van der Waals surface area contributed by atoms with E-state index < -0.39 is 17.5 Å². The van der Waals surface area contributed by atoms with E-state index in [1.54, 1.807) is 12.1 Å². The lowest BCUT2D eigenvalue weighted by molar-refractivity contribution is -0.176. The van der Waals surface area contributed by atoms with Crippen LogP contribution in [0.25, 0.3) is 11.0 Å². The molecule has 1 unspecified atom stereocenters. The van der Waals surface area contributed by atoms with Gasteiger partial charge in [-0.15, -0.1) is 0 Å². The molecule has 1 aliphatic carbocycles. The molecule has 4 aliphatic rings. The first kappa shape index (κ1) is 26.8. The van der Waals surface area contributed by atoms with Crippen molar-refractivity contribution in [1.29, 1.82) is 0 Å². The summed E-state index contributed by atoms with van der Waals surface area (Å²) in [6.07, 6.45) is 3.76. The van der Waals surface area contributed by atoms with E-state index in [0.29, 0.717) is 49.5 Å². The molecular weight excluding hydrogens is 521 g/mol. The standard InChI is InChI=1S/C28H32FN5O6/c29-18-14-30-19-3-5-23(38-11-1-10-35)34-25(19)24(18)20(36)12-28-8-6-27(7-9-28,16-40-28)31-13-17-2-4-21-26(32-17)33-22(37)15-39-21/h2-5,14,20,31,35-36H,1,6-13,15-16H2,(H,32,33,37). The summed E-state index contributed by atoms with van der Waals surface area (Å²) in [6.45, 7) is 1.23. The number of nitrogens with zero attached hydrogens (tertiary/aromatic N) is 3. The summed E-state index contributed by atoms with van der Waals surface area (Å²) in [6, 6.07) is 7.00. The zero-order valence-electron chi connectivity index (χ0n) is 22.0. The molecule has 0 spiro atoms. The Bertz CT molecular complexity index is 1400. The lowest BCUT2D eigenvalue weighted by atomic mass is 9.69. The zero-order valence-corrected chi connectivity index (χ0v) is 22.0. The highest BCUT2D eigenvalue weighted by molar-refractivity contribution is 5.94. The van der Waals surface area contributed by atoms with Gasteiger partial charge in [0, 0.05) is 43.2 Å². The van der Waals surface area contributed by atoms with Crippen LogP contribution < -0.4 is 20.1 Å². The molecule has 3 aliphatic heterocycles.